The minimum Gasteiger partial charge on any atom is -0.316 e. The normalized spacial score (nSPS) is 13.2. The van der Waals surface area contributed by atoms with Crippen molar-refractivity contribution in [2.45, 2.75) is 54.4 Å². The Hall–Kier alpha value is -0.820. The standard InChI is InChI=1S/C19H33N/c1-14(2)10-18(13-20-12-15(3)4)11-19-16(5)8-7-9-17(19)6/h7-9,14-15,18,20H,10-13H2,1-6H3. The van der Waals surface area contributed by atoms with E-state index in [0.29, 0.717) is 0 Å². The lowest BCUT2D eigenvalue weighted by Crippen LogP contribution is -2.28. The van der Waals surface area contributed by atoms with Crippen LogP contribution in [0.5, 0.6) is 0 Å². The number of nitrogens with one attached hydrogen (secondary N) is 1. The molecule has 0 aliphatic heterocycles. The van der Waals surface area contributed by atoms with Crippen LogP contribution in [0.1, 0.15) is 50.8 Å². The molecule has 0 aromatic heterocycles. The maximum Gasteiger partial charge on any atom is -0.00171 e. The highest BCUT2D eigenvalue weighted by atomic mass is 14.9. The molecule has 0 aliphatic carbocycles. The molecule has 0 spiro atoms. The molecule has 20 heavy (non-hydrogen) atoms. The monoisotopic (exact) mass is 275 g/mol. The van der Waals surface area contributed by atoms with Gasteiger partial charge in [-0.05, 0) is 74.2 Å². The van der Waals surface area contributed by atoms with Crippen molar-refractivity contribution >= 4 is 0 Å². The van der Waals surface area contributed by atoms with Crippen molar-refractivity contribution in [1.82, 2.24) is 5.32 Å². The maximum absolute atomic E-state index is 3.65. The Labute approximate surface area is 126 Å². The third kappa shape index (κ3) is 6.09. The van der Waals surface area contributed by atoms with Crippen molar-refractivity contribution < 1.29 is 0 Å². The molecule has 0 saturated carbocycles. The molecule has 114 valence electrons. The van der Waals surface area contributed by atoms with E-state index in [1.807, 2.05) is 0 Å². The van der Waals surface area contributed by atoms with Crippen LogP contribution in [-0.4, -0.2) is 13.1 Å². The van der Waals surface area contributed by atoms with E-state index in [1.165, 1.54) is 24.0 Å². The Balaban J connectivity index is 2.68. The van der Waals surface area contributed by atoms with Gasteiger partial charge in [0.25, 0.3) is 0 Å². The average Bonchev–Trinajstić information content (AvgIpc) is 2.32. The zero-order chi connectivity index (χ0) is 15.1. The summed E-state index contributed by atoms with van der Waals surface area (Å²) >= 11 is 0. The zero-order valence-corrected chi connectivity index (χ0v) is 14.3. The third-order valence-electron chi connectivity index (χ3n) is 3.93. The molecular formula is C19H33N. The Morgan fingerprint density at radius 3 is 2.00 bits per heavy atom. The molecule has 1 rings (SSSR count). The van der Waals surface area contributed by atoms with Crippen molar-refractivity contribution in [3.05, 3.63) is 34.9 Å². The van der Waals surface area contributed by atoms with Gasteiger partial charge in [0.05, 0.1) is 0 Å². The van der Waals surface area contributed by atoms with E-state index in [-0.39, 0.29) is 0 Å². The molecule has 0 amide bonds. The van der Waals surface area contributed by atoms with Gasteiger partial charge in [-0.2, -0.15) is 0 Å². The fourth-order valence-corrected chi connectivity index (χ4v) is 2.94. The Kier molecular flexibility index (Phi) is 7.29. The first-order valence-corrected chi connectivity index (χ1v) is 8.16. The van der Waals surface area contributed by atoms with Crippen LogP contribution in [0.2, 0.25) is 0 Å². The van der Waals surface area contributed by atoms with Crippen LogP contribution in [0.3, 0.4) is 0 Å². The van der Waals surface area contributed by atoms with Crippen LogP contribution in [0.4, 0.5) is 0 Å². The number of benzene rings is 1. The summed E-state index contributed by atoms with van der Waals surface area (Å²) in [5.74, 6) is 2.24. The van der Waals surface area contributed by atoms with Gasteiger partial charge in [-0.15, -0.1) is 0 Å². The van der Waals surface area contributed by atoms with Crippen LogP contribution in [0.15, 0.2) is 18.2 Å². The van der Waals surface area contributed by atoms with Crippen LogP contribution < -0.4 is 5.32 Å². The molecule has 0 bridgehead atoms. The largest absolute Gasteiger partial charge is 0.316 e. The van der Waals surface area contributed by atoms with Crippen molar-refractivity contribution in [2.75, 3.05) is 13.1 Å². The number of aryl methyl sites for hydroxylation is 2. The average molecular weight is 275 g/mol. The van der Waals surface area contributed by atoms with Crippen LogP contribution >= 0.6 is 0 Å². The summed E-state index contributed by atoms with van der Waals surface area (Å²) in [5, 5.41) is 3.65. The van der Waals surface area contributed by atoms with Gasteiger partial charge in [-0.3, -0.25) is 0 Å². The van der Waals surface area contributed by atoms with E-state index in [0.717, 1.165) is 30.8 Å². The Morgan fingerprint density at radius 1 is 0.900 bits per heavy atom. The minimum absolute atomic E-state index is 0.731. The van der Waals surface area contributed by atoms with Gasteiger partial charge in [-0.1, -0.05) is 45.9 Å². The molecule has 1 aromatic rings. The first kappa shape index (κ1) is 17.2. The van der Waals surface area contributed by atoms with Crippen LogP contribution in [-0.2, 0) is 6.42 Å². The van der Waals surface area contributed by atoms with Gasteiger partial charge in [0, 0.05) is 0 Å². The van der Waals surface area contributed by atoms with Crippen molar-refractivity contribution in [2.24, 2.45) is 17.8 Å². The number of hydrogen-bond donors (Lipinski definition) is 1. The molecule has 0 aliphatic rings. The van der Waals surface area contributed by atoms with Gasteiger partial charge in [0.15, 0.2) is 0 Å². The zero-order valence-electron chi connectivity index (χ0n) is 14.3. The topological polar surface area (TPSA) is 12.0 Å². The van der Waals surface area contributed by atoms with Crippen molar-refractivity contribution in [1.29, 1.82) is 0 Å². The number of rotatable bonds is 8. The highest BCUT2D eigenvalue weighted by Crippen LogP contribution is 2.22. The molecular weight excluding hydrogens is 242 g/mol. The van der Waals surface area contributed by atoms with E-state index in [4.69, 9.17) is 0 Å². The maximum atomic E-state index is 3.65. The lowest BCUT2D eigenvalue weighted by atomic mass is 9.87. The van der Waals surface area contributed by atoms with E-state index >= 15 is 0 Å². The molecule has 0 heterocycles. The third-order valence-corrected chi connectivity index (χ3v) is 3.93. The fourth-order valence-electron chi connectivity index (χ4n) is 2.94. The van der Waals surface area contributed by atoms with Gasteiger partial charge < -0.3 is 5.32 Å². The Morgan fingerprint density at radius 2 is 1.50 bits per heavy atom. The summed E-state index contributed by atoms with van der Waals surface area (Å²) in [6, 6.07) is 6.66. The van der Waals surface area contributed by atoms with Crippen molar-refractivity contribution in [3.63, 3.8) is 0 Å². The second-order valence-corrected chi connectivity index (χ2v) is 7.12. The molecule has 1 atom stereocenters. The van der Waals surface area contributed by atoms with Crippen LogP contribution in [0, 0.1) is 31.6 Å². The second-order valence-electron chi connectivity index (χ2n) is 7.12. The first-order chi connectivity index (χ1) is 9.40. The molecule has 1 heteroatoms. The van der Waals surface area contributed by atoms with E-state index in [9.17, 15) is 0 Å². The predicted molar refractivity (Wildman–Crippen MR) is 90.3 cm³/mol. The summed E-state index contributed by atoms with van der Waals surface area (Å²) in [4.78, 5) is 0. The number of hydrogen-bond acceptors (Lipinski definition) is 1. The second kappa shape index (κ2) is 8.46. The van der Waals surface area contributed by atoms with Crippen LogP contribution in [0.25, 0.3) is 0 Å². The minimum atomic E-state index is 0.731. The highest BCUT2D eigenvalue weighted by Gasteiger charge is 2.14. The molecule has 1 aromatic carbocycles. The van der Waals surface area contributed by atoms with E-state index in [2.05, 4.69) is 65.1 Å². The predicted octanol–water partition coefficient (Wildman–Crippen LogP) is 4.75. The summed E-state index contributed by atoms with van der Waals surface area (Å²) < 4.78 is 0. The quantitative estimate of drug-likeness (QED) is 0.721. The lowest BCUT2D eigenvalue weighted by Gasteiger charge is -2.22. The SMILES string of the molecule is Cc1cccc(C)c1CC(CNCC(C)C)CC(C)C. The Bertz CT molecular complexity index is 373. The smallest absolute Gasteiger partial charge is 0.00171 e. The van der Waals surface area contributed by atoms with Gasteiger partial charge in [-0.25, -0.2) is 0 Å². The highest BCUT2D eigenvalue weighted by molar-refractivity contribution is 5.33. The molecule has 0 radical (unpaired) electrons. The first-order valence-electron chi connectivity index (χ1n) is 8.16. The van der Waals surface area contributed by atoms with Gasteiger partial charge in [0.1, 0.15) is 0 Å². The van der Waals surface area contributed by atoms with Gasteiger partial charge >= 0.3 is 0 Å². The molecule has 0 saturated heterocycles. The molecule has 1 nitrogen and oxygen atoms in total. The summed E-state index contributed by atoms with van der Waals surface area (Å²) in [5.41, 5.74) is 4.45. The summed E-state index contributed by atoms with van der Waals surface area (Å²) in [6.07, 6.45) is 2.51. The molecule has 0 fully saturated rings. The van der Waals surface area contributed by atoms with Gasteiger partial charge in [0.2, 0.25) is 0 Å². The molecule has 1 unspecified atom stereocenters. The lowest BCUT2D eigenvalue weighted by molar-refractivity contribution is 0.375. The van der Waals surface area contributed by atoms with E-state index in [1.54, 1.807) is 5.56 Å². The summed E-state index contributed by atoms with van der Waals surface area (Å²) in [6.45, 7) is 16.0. The van der Waals surface area contributed by atoms with E-state index < -0.39 is 0 Å². The summed E-state index contributed by atoms with van der Waals surface area (Å²) in [7, 11) is 0. The fraction of sp³-hybridized carbons (Fsp3) is 0.684. The van der Waals surface area contributed by atoms with Crippen molar-refractivity contribution in [3.8, 4) is 0 Å². The molecule has 1 N–H and O–H groups in total.